The van der Waals surface area contributed by atoms with E-state index in [0.29, 0.717) is 10.7 Å². The first-order valence-electron chi connectivity index (χ1n) is 5.88. The van der Waals surface area contributed by atoms with Crippen LogP contribution < -0.4 is 5.14 Å². The highest BCUT2D eigenvalue weighted by molar-refractivity contribution is 7.89. The maximum atomic E-state index is 11.8. The van der Waals surface area contributed by atoms with Crippen LogP contribution in [-0.4, -0.2) is 30.8 Å². The molecule has 21 heavy (non-hydrogen) atoms. The Morgan fingerprint density at radius 1 is 1.38 bits per heavy atom. The first kappa shape index (κ1) is 15.5. The molecule has 0 bridgehead atoms. The molecule has 2 N–H and O–H groups in total. The summed E-state index contributed by atoms with van der Waals surface area (Å²) in [6.45, 7) is 1.72. The summed E-state index contributed by atoms with van der Waals surface area (Å²) in [5, 5.41) is 9.13. The first-order valence-corrected chi connectivity index (χ1v) is 7.81. The van der Waals surface area contributed by atoms with Crippen molar-refractivity contribution in [3.63, 3.8) is 0 Å². The zero-order valence-electron chi connectivity index (χ0n) is 11.0. The van der Waals surface area contributed by atoms with Crippen molar-refractivity contribution >= 4 is 27.6 Å². The number of nitrogens with zero attached hydrogens (tertiary/aromatic N) is 2. The second kappa shape index (κ2) is 5.84. The Balaban J connectivity index is 2.63. The third kappa shape index (κ3) is 3.23. The number of carbonyl (C=O) groups excluding carboxylic acids is 1. The maximum absolute atomic E-state index is 11.8. The lowest BCUT2D eigenvalue weighted by Crippen LogP contribution is -2.21. The van der Waals surface area contributed by atoms with Gasteiger partial charge in [0.1, 0.15) is 5.56 Å². The van der Waals surface area contributed by atoms with Gasteiger partial charge < -0.3 is 4.74 Å². The summed E-state index contributed by atoms with van der Waals surface area (Å²) in [7, 11) is -4.18. The van der Waals surface area contributed by atoms with Crippen LogP contribution in [0.3, 0.4) is 0 Å². The molecule has 0 aliphatic rings. The van der Waals surface area contributed by atoms with E-state index in [0.717, 1.165) is 10.9 Å². The van der Waals surface area contributed by atoms with Gasteiger partial charge in [-0.25, -0.2) is 23.0 Å². The van der Waals surface area contributed by atoms with Gasteiger partial charge in [0.2, 0.25) is 0 Å². The van der Waals surface area contributed by atoms with Crippen molar-refractivity contribution in [3.8, 4) is 5.69 Å². The number of hydrogen-bond acceptors (Lipinski definition) is 5. The molecule has 2 rings (SSSR count). The van der Waals surface area contributed by atoms with Crippen LogP contribution in [0.2, 0.25) is 5.02 Å². The Labute approximate surface area is 126 Å². The minimum absolute atomic E-state index is 0.106. The minimum atomic E-state index is -4.18. The molecular formula is C12H12ClN3O4S. The van der Waals surface area contributed by atoms with Crippen molar-refractivity contribution < 1.29 is 17.9 Å². The van der Waals surface area contributed by atoms with Crippen molar-refractivity contribution in [2.45, 2.75) is 11.9 Å². The zero-order valence-corrected chi connectivity index (χ0v) is 12.6. The third-order valence-electron chi connectivity index (χ3n) is 2.56. The summed E-state index contributed by atoms with van der Waals surface area (Å²) in [6.07, 6.45) is 1.10. The molecule has 0 saturated heterocycles. The molecule has 0 fully saturated rings. The molecule has 0 spiro atoms. The topological polar surface area (TPSA) is 104 Å². The van der Waals surface area contributed by atoms with Crippen LogP contribution in [0.1, 0.15) is 17.3 Å². The fourth-order valence-electron chi connectivity index (χ4n) is 1.73. The summed E-state index contributed by atoms with van der Waals surface area (Å²) in [5.41, 5.74) is 0.188. The van der Waals surface area contributed by atoms with Crippen LogP contribution in [-0.2, 0) is 14.8 Å². The van der Waals surface area contributed by atoms with Crippen molar-refractivity contribution in [1.29, 1.82) is 0 Å². The number of rotatable bonds is 4. The monoisotopic (exact) mass is 329 g/mol. The van der Waals surface area contributed by atoms with E-state index >= 15 is 0 Å². The van der Waals surface area contributed by atoms with Crippen LogP contribution in [0.25, 0.3) is 5.69 Å². The molecule has 1 aromatic carbocycles. The summed E-state index contributed by atoms with van der Waals surface area (Å²) < 4.78 is 29.4. The second-order valence-electron chi connectivity index (χ2n) is 4.02. The molecule has 112 valence electrons. The van der Waals surface area contributed by atoms with Gasteiger partial charge in [-0.1, -0.05) is 11.6 Å². The Bertz CT molecular complexity index is 768. The highest BCUT2D eigenvalue weighted by Crippen LogP contribution is 2.21. The molecule has 1 heterocycles. The molecule has 0 aliphatic heterocycles. The molecule has 0 saturated carbocycles. The van der Waals surface area contributed by atoms with Gasteiger partial charge in [-0.15, -0.1) is 0 Å². The molecule has 2 aromatic rings. The van der Waals surface area contributed by atoms with Crippen LogP contribution in [0.4, 0.5) is 0 Å². The largest absolute Gasteiger partial charge is 0.462 e. The Kier molecular flexibility index (Phi) is 4.31. The standard InChI is InChI=1S/C12H12ClN3O4S/c1-2-20-12(17)10-7-15-16(11(10)21(14,18)19)9-5-3-8(13)4-6-9/h3-7H,2H2,1H3,(H2,14,18,19). The molecule has 0 amide bonds. The van der Waals surface area contributed by atoms with Gasteiger partial charge in [0.05, 0.1) is 18.5 Å². The van der Waals surface area contributed by atoms with Crippen molar-refractivity contribution in [1.82, 2.24) is 9.78 Å². The predicted molar refractivity (Wildman–Crippen MR) is 75.9 cm³/mol. The number of primary sulfonamides is 1. The highest BCUT2D eigenvalue weighted by atomic mass is 35.5. The summed E-state index contributed by atoms with van der Waals surface area (Å²) in [4.78, 5) is 11.8. The number of nitrogens with two attached hydrogens (primary N) is 1. The van der Waals surface area contributed by atoms with Gasteiger partial charge in [0.25, 0.3) is 10.0 Å². The Hall–Kier alpha value is -1.90. The SMILES string of the molecule is CCOC(=O)c1cnn(-c2ccc(Cl)cc2)c1S(N)(=O)=O. The van der Waals surface area contributed by atoms with E-state index in [1.807, 2.05) is 0 Å². The molecule has 0 atom stereocenters. The maximum Gasteiger partial charge on any atom is 0.342 e. The number of esters is 1. The van der Waals surface area contributed by atoms with Crippen molar-refractivity contribution in [3.05, 3.63) is 41.0 Å². The van der Waals surface area contributed by atoms with E-state index in [2.05, 4.69) is 5.10 Å². The number of halogens is 1. The van der Waals surface area contributed by atoms with Crippen molar-refractivity contribution in [2.24, 2.45) is 5.14 Å². The fraction of sp³-hybridized carbons (Fsp3) is 0.167. The number of benzene rings is 1. The Morgan fingerprint density at radius 2 is 2.00 bits per heavy atom. The zero-order chi connectivity index (χ0) is 15.6. The van der Waals surface area contributed by atoms with Gasteiger partial charge in [-0.2, -0.15) is 5.10 Å². The average Bonchev–Trinajstić information content (AvgIpc) is 2.84. The average molecular weight is 330 g/mol. The normalized spacial score (nSPS) is 11.4. The lowest BCUT2D eigenvalue weighted by molar-refractivity contribution is 0.0521. The lowest BCUT2D eigenvalue weighted by Gasteiger charge is -2.07. The first-order chi connectivity index (χ1) is 9.84. The Morgan fingerprint density at radius 3 is 2.52 bits per heavy atom. The summed E-state index contributed by atoms with van der Waals surface area (Å²) >= 11 is 5.78. The highest BCUT2D eigenvalue weighted by Gasteiger charge is 2.27. The fourth-order valence-corrected chi connectivity index (χ4v) is 2.69. The van der Waals surface area contributed by atoms with Crippen LogP contribution >= 0.6 is 11.6 Å². The van der Waals surface area contributed by atoms with E-state index in [-0.39, 0.29) is 12.2 Å². The van der Waals surface area contributed by atoms with Gasteiger partial charge in [0, 0.05) is 5.02 Å². The number of sulfonamides is 1. The minimum Gasteiger partial charge on any atom is -0.462 e. The summed E-state index contributed by atoms with van der Waals surface area (Å²) in [5.74, 6) is -0.804. The van der Waals surface area contributed by atoms with E-state index < -0.39 is 21.0 Å². The second-order valence-corrected chi connectivity index (χ2v) is 5.93. The molecule has 7 nitrogen and oxygen atoms in total. The van der Waals surface area contributed by atoms with Crippen molar-refractivity contribution in [2.75, 3.05) is 6.61 Å². The quantitative estimate of drug-likeness (QED) is 0.852. The molecule has 0 aliphatic carbocycles. The molecule has 0 radical (unpaired) electrons. The van der Waals surface area contributed by atoms with Crippen LogP contribution in [0.5, 0.6) is 0 Å². The van der Waals surface area contributed by atoms with E-state index in [4.69, 9.17) is 21.5 Å². The van der Waals surface area contributed by atoms with Crippen LogP contribution in [0.15, 0.2) is 35.5 Å². The molecule has 0 unspecified atom stereocenters. The molecule has 1 aromatic heterocycles. The number of carbonyl (C=O) groups is 1. The number of hydrogen-bond donors (Lipinski definition) is 1. The smallest absolute Gasteiger partial charge is 0.342 e. The number of ether oxygens (including phenoxy) is 1. The van der Waals surface area contributed by atoms with Gasteiger partial charge in [0.15, 0.2) is 5.03 Å². The van der Waals surface area contributed by atoms with Crippen LogP contribution in [0, 0.1) is 0 Å². The molecular weight excluding hydrogens is 318 g/mol. The lowest BCUT2D eigenvalue weighted by atomic mass is 10.3. The van der Waals surface area contributed by atoms with E-state index in [9.17, 15) is 13.2 Å². The predicted octanol–water partition coefficient (Wildman–Crippen LogP) is 1.35. The van der Waals surface area contributed by atoms with Gasteiger partial charge >= 0.3 is 5.97 Å². The van der Waals surface area contributed by atoms with Gasteiger partial charge in [-0.05, 0) is 31.2 Å². The third-order valence-corrected chi connectivity index (χ3v) is 3.74. The van der Waals surface area contributed by atoms with E-state index in [1.165, 1.54) is 0 Å². The summed E-state index contributed by atoms with van der Waals surface area (Å²) in [6, 6.07) is 6.24. The van der Waals surface area contributed by atoms with E-state index in [1.54, 1.807) is 31.2 Å². The number of aromatic nitrogens is 2. The molecule has 9 heteroatoms. The van der Waals surface area contributed by atoms with Gasteiger partial charge in [-0.3, -0.25) is 0 Å².